The number of aliphatic hydroxyl groups is 1. The SMILES string of the molecule is CCC1CC(N(Cc2cc(C(F)(F)F)cc(C(F)(F)F)c2)/C(N)=N/N=NCCO)c2nc(C)ccc2N1C(=O)OC(C)C. The van der Waals surface area contributed by atoms with Crippen LogP contribution in [0.2, 0.25) is 0 Å². The highest BCUT2D eigenvalue weighted by Crippen LogP contribution is 2.42. The fraction of sp³-hybridized carbons (Fsp3) is 0.519. The molecule has 1 aliphatic rings. The number of carbonyl (C=O) groups is 1. The number of nitrogens with zero attached hydrogens (tertiary/aromatic N) is 6. The van der Waals surface area contributed by atoms with E-state index in [0.717, 1.165) is 0 Å². The minimum Gasteiger partial charge on any atom is -0.446 e. The van der Waals surface area contributed by atoms with Crippen molar-refractivity contribution in [3.63, 3.8) is 0 Å². The molecule has 0 bridgehead atoms. The molecule has 2 atom stereocenters. The lowest BCUT2D eigenvalue weighted by atomic mass is 9.91. The predicted octanol–water partition coefficient (Wildman–Crippen LogP) is 6.18. The number of rotatable bonds is 8. The molecule has 16 heteroatoms. The zero-order valence-corrected chi connectivity index (χ0v) is 23.9. The normalized spacial score (nSPS) is 17.9. The summed E-state index contributed by atoms with van der Waals surface area (Å²) >= 11 is 0. The second-order valence-corrected chi connectivity index (χ2v) is 10.2. The number of halogens is 6. The minimum atomic E-state index is -5.06. The second-order valence-electron chi connectivity index (χ2n) is 10.2. The van der Waals surface area contributed by atoms with E-state index in [4.69, 9.17) is 15.6 Å². The van der Waals surface area contributed by atoms with Gasteiger partial charge >= 0.3 is 18.4 Å². The van der Waals surface area contributed by atoms with Crippen LogP contribution in [0.15, 0.2) is 45.8 Å². The highest BCUT2D eigenvalue weighted by Gasteiger charge is 2.42. The average molecular weight is 618 g/mol. The van der Waals surface area contributed by atoms with Gasteiger partial charge in [-0.15, -0.1) is 0 Å². The Balaban J connectivity index is 2.21. The van der Waals surface area contributed by atoms with E-state index < -0.39 is 54.3 Å². The molecule has 0 spiro atoms. The first-order valence-electron chi connectivity index (χ1n) is 13.4. The van der Waals surface area contributed by atoms with Gasteiger partial charge in [-0.2, -0.15) is 31.5 Å². The van der Waals surface area contributed by atoms with Gasteiger partial charge in [-0.1, -0.05) is 12.0 Å². The molecule has 3 N–H and O–H groups in total. The van der Waals surface area contributed by atoms with Crippen LogP contribution in [0.25, 0.3) is 0 Å². The third-order valence-electron chi connectivity index (χ3n) is 6.56. The molecule has 1 amide bonds. The standard InChI is InChI=1S/C27H33F6N7O3/c1-5-20-13-22(23-21(7-6-16(4)36-23)40(20)25(42)43-15(2)3)39(24(34)37-38-35-8-9-41)14-17-10-18(26(28,29)30)12-19(11-17)27(31,32)33/h6-7,10-12,15,20,22,41H,5,8-9,13-14H2,1-4H3,(H2,34,35,37). The summed E-state index contributed by atoms with van der Waals surface area (Å²) in [6.07, 6.45) is -10.6. The lowest BCUT2D eigenvalue weighted by Gasteiger charge is -2.43. The van der Waals surface area contributed by atoms with Crippen LogP contribution in [0.4, 0.5) is 36.8 Å². The lowest BCUT2D eigenvalue weighted by Crippen LogP contribution is -2.50. The van der Waals surface area contributed by atoms with E-state index >= 15 is 0 Å². The number of hydrogen-bond acceptors (Lipinski definition) is 6. The van der Waals surface area contributed by atoms with Crippen molar-refractivity contribution in [1.29, 1.82) is 0 Å². The number of alkyl halides is 6. The molecule has 43 heavy (non-hydrogen) atoms. The fourth-order valence-corrected chi connectivity index (χ4v) is 4.70. The van der Waals surface area contributed by atoms with Crippen molar-refractivity contribution in [1.82, 2.24) is 9.88 Å². The number of benzene rings is 1. The van der Waals surface area contributed by atoms with Crippen LogP contribution in [0.1, 0.15) is 67.7 Å². The largest absolute Gasteiger partial charge is 0.446 e. The van der Waals surface area contributed by atoms with E-state index in [2.05, 4.69) is 20.4 Å². The number of guanidine groups is 1. The van der Waals surface area contributed by atoms with Gasteiger partial charge in [-0.3, -0.25) is 9.88 Å². The number of anilines is 1. The van der Waals surface area contributed by atoms with Gasteiger partial charge in [0.15, 0.2) is 0 Å². The van der Waals surface area contributed by atoms with Crippen molar-refractivity contribution in [2.45, 2.75) is 77.6 Å². The van der Waals surface area contributed by atoms with E-state index in [1.165, 1.54) is 9.80 Å². The zero-order chi connectivity index (χ0) is 32.1. The third-order valence-corrected chi connectivity index (χ3v) is 6.56. The molecule has 0 radical (unpaired) electrons. The number of carbonyl (C=O) groups excluding carboxylic acids is 1. The molecule has 2 heterocycles. The molecule has 236 valence electrons. The van der Waals surface area contributed by atoms with Crippen LogP contribution >= 0.6 is 0 Å². The van der Waals surface area contributed by atoms with Gasteiger partial charge in [0.1, 0.15) is 0 Å². The van der Waals surface area contributed by atoms with E-state index in [1.807, 2.05) is 6.92 Å². The van der Waals surface area contributed by atoms with Crippen molar-refractivity contribution in [2.24, 2.45) is 21.2 Å². The van der Waals surface area contributed by atoms with E-state index in [0.29, 0.717) is 35.6 Å². The summed E-state index contributed by atoms with van der Waals surface area (Å²) in [5.74, 6) is -0.375. The molecule has 2 unspecified atom stereocenters. The van der Waals surface area contributed by atoms with Crippen molar-refractivity contribution in [3.8, 4) is 0 Å². The van der Waals surface area contributed by atoms with Crippen molar-refractivity contribution < 1.29 is 41.0 Å². The number of fused-ring (bicyclic) bond motifs is 1. The summed E-state index contributed by atoms with van der Waals surface area (Å²) in [5.41, 5.74) is 4.10. The summed E-state index contributed by atoms with van der Waals surface area (Å²) < 4.78 is 87.3. The maximum absolute atomic E-state index is 13.6. The molecular formula is C27H33F6N7O3. The van der Waals surface area contributed by atoms with Crippen LogP contribution in [0.5, 0.6) is 0 Å². The fourth-order valence-electron chi connectivity index (χ4n) is 4.70. The first kappa shape index (κ1) is 33.6. The summed E-state index contributed by atoms with van der Waals surface area (Å²) in [6, 6.07) is 3.21. The summed E-state index contributed by atoms with van der Waals surface area (Å²) in [7, 11) is 0. The van der Waals surface area contributed by atoms with Gasteiger partial charge in [-0.05, 0) is 74.7 Å². The molecule has 1 aromatic carbocycles. The quantitative estimate of drug-likeness (QED) is 0.120. The lowest BCUT2D eigenvalue weighted by molar-refractivity contribution is -0.143. The number of hydrogen-bond donors (Lipinski definition) is 2. The number of pyridine rings is 1. The first-order valence-corrected chi connectivity index (χ1v) is 13.4. The topological polar surface area (TPSA) is 129 Å². The Morgan fingerprint density at radius 2 is 1.79 bits per heavy atom. The molecular weight excluding hydrogens is 584 g/mol. The van der Waals surface area contributed by atoms with Crippen molar-refractivity contribution in [2.75, 3.05) is 18.1 Å². The minimum absolute atomic E-state index is 0.0422. The predicted molar refractivity (Wildman–Crippen MR) is 145 cm³/mol. The summed E-state index contributed by atoms with van der Waals surface area (Å²) in [4.78, 5) is 20.5. The van der Waals surface area contributed by atoms with Crippen LogP contribution < -0.4 is 10.6 Å². The zero-order valence-electron chi connectivity index (χ0n) is 23.9. The molecule has 2 aromatic rings. The Hall–Kier alpha value is -3.95. The number of ether oxygens (including phenoxy) is 1. The van der Waals surface area contributed by atoms with Crippen LogP contribution in [0, 0.1) is 6.92 Å². The van der Waals surface area contributed by atoms with Gasteiger partial charge in [0, 0.05) is 18.3 Å². The maximum Gasteiger partial charge on any atom is 0.416 e. The number of aromatic nitrogens is 1. The van der Waals surface area contributed by atoms with Gasteiger partial charge in [0.25, 0.3) is 0 Å². The Morgan fingerprint density at radius 1 is 1.16 bits per heavy atom. The average Bonchev–Trinajstić information content (AvgIpc) is 2.91. The van der Waals surface area contributed by atoms with Crippen LogP contribution in [-0.4, -0.2) is 52.3 Å². The third kappa shape index (κ3) is 8.33. The highest BCUT2D eigenvalue weighted by atomic mass is 19.4. The van der Waals surface area contributed by atoms with Gasteiger partial charge in [0.05, 0.1) is 47.8 Å². The number of aryl methyl sites for hydroxylation is 1. The number of aliphatic hydroxyl groups excluding tert-OH is 1. The van der Waals surface area contributed by atoms with E-state index in [1.54, 1.807) is 32.9 Å². The molecule has 1 aliphatic heterocycles. The van der Waals surface area contributed by atoms with Gasteiger partial charge < -0.3 is 20.5 Å². The van der Waals surface area contributed by atoms with E-state index in [-0.39, 0.29) is 37.2 Å². The molecule has 3 rings (SSSR count). The van der Waals surface area contributed by atoms with Crippen molar-refractivity contribution in [3.05, 3.63) is 58.4 Å². The van der Waals surface area contributed by atoms with Crippen molar-refractivity contribution >= 4 is 17.7 Å². The Kier molecular flexibility index (Phi) is 10.6. The van der Waals surface area contributed by atoms with Gasteiger partial charge in [0.2, 0.25) is 5.96 Å². The first-order chi connectivity index (χ1) is 20.1. The Bertz CT molecular complexity index is 1320. The second kappa shape index (κ2) is 13.6. The summed E-state index contributed by atoms with van der Waals surface area (Å²) in [6.45, 7) is 5.88. The molecule has 10 nitrogen and oxygen atoms in total. The highest BCUT2D eigenvalue weighted by molar-refractivity contribution is 5.90. The molecule has 0 fully saturated rings. The van der Waals surface area contributed by atoms with Crippen LogP contribution in [-0.2, 0) is 23.6 Å². The molecule has 0 saturated carbocycles. The van der Waals surface area contributed by atoms with Crippen LogP contribution in [0.3, 0.4) is 0 Å². The molecule has 1 aromatic heterocycles. The summed E-state index contributed by atoms with van der Waals surface area (Å²) in [5, 5.41) is 19.9. The molecule has 0 saturated heterocycles. The number of amides is 1. The Labute approximate surface area is 244 Å². The number of nitrogens with two attached hydrogens (primary N) is 1. The van der Waals surface area contributed by atoms with Gasteiger partial charge in [-0.25, -0.2) is 4.79 Å². The smallest absolute Gasteiger partial charge is 0.416 e. The molecule has 0 aliphatic carbocycles. The Morgan fingerprint density at radius 3 is 2.33 bits per heavy atom. The maximum atomic E-state index is 13.6. The van der Waals surface area contributed by atoms with E-state index in [9.17, 15) is 31.1 Å². The monoisotopic (exact) mass is 617 g/mol.